The number of phenolic OH excluding ortho intramolecular Hbond substituents is 1. The molecule has 0 radical (unpaired) electrons. The molecule has 30 heavy (non-hydrogen) atoms. The number of aromatic hydroxyl groups is 1. The van der Waals surface area contributed by atoms with Crippen LogP contribution in [0.15, 0.2) is 110 Å². The molecule has 4 aromatic rings. The highest BCUT2D eigenvalue weighted by atomic mass is 16.3. The summed E-state index contributed by atoms with van der Waals surface area (Å²) in [6, 6.07) is 33.6. The topological polar surface area (TPSA) is 37.3 Å². The van der Waals surface area contributed by atoms with E-state index in [2.05, 4.69) is 43.0 Å². The first-order valence-corrected chi connectivity index (χ1v) is 9.83. The summed E-state index contributed by atoms with van der Waals surface area (Å²) in [5, 5.41) is 11.2. The number of aldehydes is 1. The molecule has 0 fully saturated rings. The maximum Gasteiger partial charge on any atom is 0.153 e. The molecular formula is C28H22O2. The van der Waals surface area contributed by atoms with E-state index < -0.39 is 5.41 Å². The highest BCUT2D eigenvalue weighted by Gasteiger charge is 2.40. The molecule has 4 rings (SSSR count). The molecule has 0 aliphatic carbocycles. The van der Waals surface area contributed by atoms with Crippen molar-refractivity contribution in [3.05, 3.63) is 143 Å². The zero-order chi connectivity index (χ0) is 21.0. The van der Waals surface area contributed by atoms with Crippen LogP contribution in [0.1, 0.15) is 38.2 Å². The minimum atomic E-state index is -0.800. The fraction of sp³-hybridized carbons (Fsp3) is 0.0357. The maximum atomic E-state index is 11.6. The van der Waals surface area contributed by atoms with Crippen LogP contribution in [-0.2, 0) is 5.41 Å². The Labute approximate surface area is 176 Å². The van der Waals surface area contributed by atoms with E-state index in [4.69, 9.17) is 0 Å². The number of rotatable bonds is 6. The Morgan fingerprint density at radius 1 is 0.667 bits per heavy atom. The quantitative estimate of drug-likeness (QED) is 0.313. The summed E-state index contributed by atoms with van der Waals surface area (Å²) in [6.07, 6.45) is 2.50. The standard InChI is InChI=1S/C28H22O2/c1-2-21-16-18-25(19-17-21)28(23-11-5-3-6-12-23,24-13-7-4-8-14-24)26-15-9-10-22(20-29)27(26)30/h2-20,30H,1H2. The van der Waals surface area contributed by atoms with Gasteiger partial charge in [-0.2, -0.15) is 0 Å². The van der Waals surface area contributed by atoms with Crippen LogP contribution >= 0.6 is 0 Å². The van der Waals surface area contributed by atoms with E-state index in [9.17, 15) is 9.90 Å². The van der Waals surface area contributed by atoms with Crippen molar-refractivity contribution in [3.8, 4) is 5.75 Å². The third kappa shape index (κ3) is 3.13. The minimum absolute atomic E-state index is 0.00648. The van der Waals surface area contributed by atoms with Crippen molar-refractivity contribution in [3.63, 3.8) is 0 Å². The number of hydrogen-bond acceptors (Lipinski definition) is 2. The molecule has 0 aliphatic heterocycles. The highest BCUT2D eigenvalue weighted by Crippen LogP contribution is 2.48. The number of carbonyl (C=O) groups excluding carboxylic acids is 1. The highest BCUT2D eigenvalue weighted by molar-refractivity contribution is 5.81. The summed E-state index contributed by atoms with van der Waals surface area (Å²) in [5.41, 5.74) is 4.14. The summed E-state index contributed by atoms with van der Waals surface area (Å²) >= 11 is 0. The molecule has 0 heterocycles. The van der Waals surface area contributed by atoms with Crippen LogP contribution in [0, 0.1) is 0 Å². The average Bonchev–Trinajstić information content (AvgIpc) is 2.82. The number of hydrogen-bond donors (Lipinski definition) is 1. The summed E-state index contributed by atoms with van der Waals surface area (Å²) in [4.78, 5) is 11.6. The molecule has 0 bridgehead atoms. The molecule has 4 aromatic carbocycles. The largest absolute Gasteiger partial charge is 0.507 e. The molecule has 2 heteroatoms. The summed E-state index contributed by atoms with van der Waals surface area (Å²) < 4.78 is 0. The van der Waals surface area contributed by atoms with Crippen molar-refractivity contribution < 1.29 is 9.90 Å². The molecule has 0 aliphatic rings. The molecule has 0 atom stereocenters. The van der Waals surface area contributed by atoms with Gasteiger partial charge in [0.1, 0.15) is 5.75 Å². The van der Waals surface area contributed by atoms with E-state index in [1.807, 2.05) is 60.7 Å². The third-order valence-corrected chi connectivity index (χ3v) is 5.59. The second-order valence-electron chi connectivity index (χ2n) is 7.17. The lowest BCUT2D eigenvalue weighted by Gasteiger charge is -2.37. The summed E-state index contributed by atoms with van der Waals surface area (Å²) in [6.45, 7) is 3.86. The van der Waals surface area contributed by atoms with Gasteiger partial charge in [-0.15, -0.1) is 0 Å². The van der Waals surface area contributed by atoms with Gasteiger partial charge in [0.2, 0.25) is 0 Å². The molecule has 146 valence electrons. The smallest absolute Gasteiger partial charge is 0.153 e. The first kappa shape index (κ1) is 19.4. The number of benzene rings is 4. The Morgan fingerprint density at radius 2 is 1.20 bits per heavy atom. The minimum Gasteiger partial charge on any atom is -0.507 e. The number of phenols is 1. The Morgan fingerprint density at radius 3 is 1.70 bits per heavy atom. The van der Waals surface area contributed by atoms with Gasteiger partial charge in [-0.1, -0.05) is 110 Å². The monoisotopic (exact) mass is 390 g/mol. The first-order valence-electron chi connectivity index (χ1n) is 9.83. The van der Waals surface area contributed by atoms with Crippen molar-refractivity contribution in [2.45, 2.75) is 5.41 Å². The Bertz CT molecular complexity index is 1120. The normalized spacial score (nSPS) is 11.1. The van der Waals surface area contributed by atoms with E-state index in [0.717, 1.165) is 22.3 Å². The lowest BCUT2D eigenvalue weighted by atomic mass is 9.64. The third-order valence-electron chi connectivity index (χ3n) is 5.59. The lowest BCUT2D eigenvalue weighted by molar-refractivity contribution is 0.112. The van der Waals surface area contributed by atoms with Gasteiger partial charge >= 0.3 is 0 Å². The predicted octanol–water partition coefficient (Wildman–Crippen LogP) is 6.23. The molecule has 0 unspecified atom stereocenters. The Balaban J connectivity index is 2.17. The lowest BCUT2D eigenvalue weighted by Crippen LogP contribution is -2.31. The van der Waals surface area contributed by atoms with Gasteiger partial charge in [-0.3, -0.25) is 4.79 Å². The van der Waals surface area contributed by atoms with Crippen LogP contribution in [0.4, 0.5) is 0 Å². The molecule has 2 nitrogen and oxygen atoms in total. The molecule has 0 amide bonds. The number of para-hydroxylation sites is 1. The summed E-state index contributed by atoms with van der Waals surface area (Å²) in [7, 11) is 0. The van der Waals surface area contributed by atoms with Gasteiger partial charge in [0.05, 0.1) is 11.0 Å². The molecule has 0 saturated heterocycles. The zero-order valence-corrected chi connectivity index (χ0v) is 16.5. The van der Waals surface area contributed by atoms with Crippen LogP contribution in [0.3, 0.4) is 0 Å². The zero-order valence-electron chi connectivity index (χ0n) is 16.5. The van der Waals surface area contributed by atoms with E-state index in [-0.39, 0.29) is 11.3 Å². The van der Waals surface area contributed by atoms with Crippen molar-refractivity contribution in [2.75, 3.05) is 0 Å². The van der Waals surface area contributed by atoms with E-state index in [0.29, 0.717) is 11.8 Å². The van der Waals surface area contributed by atoms with Gasteiger partial charge in [-0.25, -0.2) is 0 Å². The number of carbonyl (C=O) groups is 1. The van der Waals surface area contributed by atoms with Crippen molar-refractivity contribution >= 4 is 12.4 Å². The van der Waals surface area contributed by atoms with Gasteiger partial charge in [-0.05, 0) is 28.3 Å². The Hall–Kier alpha value is -3.91. The molecular weight excluding hydrogens is 368 g/mol. The average molecular weight is 390 g/mol. The van der Waals surface area contributed by atoms with E-state index in [1.54, 1.807) is 12.1 Å². The van der Waals surface area contributed by atoms with Crippen molar-refractivity contribution in [1.82, 2.24) is 0 Å². The van der Waals surface area contributed by atoms with Crippen LogP contribution in [0.2, 0.25) is 0 Å². The van der Waals surface area contributed by atoms with Crippen LogP contribution < -0.4 is 0 Å². The molecule has 1 N–H and O–H groups in total. The van der Waals surface area contributed by atoms with Gasteiger partial charge < -0.3 is 5.11 Å². The molecule has 0 aromatic heterocycles. The van der Waals surface area contributed by atoms with Gasteiger partial charge in [0.25, 0.3) is 0 Å². The predicted molar refractivity (Wildman–Crippen MR) is 122 cm³/mol. The maximum absolute atomic E-state index is 11.6. The second kappa shape index (κ2) is 8.22. The molecule has 0 saturated carbocycles. The van der Waals surface area contributed by atoms with Crippen molar-refractivity contribution in [1.29, 1.82) is 0 Å². The fourth-order valence-corrected chi connectivity index (χ4v) is 4.17. The second-order valence-corrected chi connectivity index (χ2v) is 7.17. The van der Waals surface area contributed by atoms with Gasteiger partial charge in [0, 0.05) is 5.56 Å². The first-order chi connectivity index (χ1) is 14.7. The molecule has 0 spiro atoms. The van der Waals surface area contributed by atoms with Gasteiger partial charge in [0.15, 0.2) is 6.29 Å². The fourth-order valence-electron chi connectivity index (χ4n) is 4.17. The van der Waals surface area contributed by atoms with E-state index in [1.165, 1.54) is 0 Å². The Kier molecular flexibility index (Phi) is 5.32. The van der Waals surface area contributed by atoms with E-state index >= 15 is 0 Å². The van der Waals surface area contributed by atoms with Crippen LogP contribution in [-0.4, -0.2) is 11.4 Å². The van der Waals surface area contributed by atoms with Crippen LogP contribution in [0.25, 0.3) is 6.08 Å². The summed E-state index contributed by atoms with van der Waals surface area (Å²) in [5.74, 6) is -0.00648. The van der Waals surface area contributed by atoms with Crippen molar-refractivity contribution in [2.24, 2.45) is 0 Å². The SMILES string of the molecule is C=Cc1ccc(C(c2ccccc2)(c2ccccc2)c2cccc(C=O)c2O)cc1. The van der Waals surface area contributed by atoms with Crippen LogP contribution in [0.5, 0.6) is 5.75 Å².